The van der Waals surface area contributed by atoms with Crippen LogP contribution in [0.25, 0.3) is 10.9 Å². The zero-order valence-electron chi connectivity index (χ0n) is 10.8. The van der Waals surface area contributed by atoms with Gasteiger partial charge in [-0.3, -0.25) is 0 Å². The number of fused-ring (bicyclic) bond motifs is 1. The van der Waals surface area contributed by atoms with Gasteiger partial charge in [0.1, 0.15) is 5.75 Å². The number of benzene rings is 2. The molecule has 0 spiro atoms. The minimum absolute atomic E-state index is 0.307. The molecule has 0 N–H and O–H groups in total. The summed E-state index contributed by atoms with van der Waals surface area (Å²) < 4.78 is 5.81. The number of nitrogens with zero attached hydrogens (tertiary/aromatic N) is 1. The van der Waals surface area contributed by atoms with Crippen molar-refractivity contribution in [2.45, 2.75) is 5.88 Å². The molecule has 1 heterocycles. The maximum absolute atomic E-state index is 5.99. The van der Waals surface area contributed by atoms with Crippen LogP contribution in [0.1, 0.15) is 5.56 Å². The van der Waals surface area contributed by atoms with Crippen LogP contribution in [0, 0.1) is 0 Å². The van der Waals surface area contributed by atoms with E-state index in [0.717, 1.165) is 16.5 Å². The van der Waals surface area contributed by atoms with E-state index in [4.69, 9.17) is 39.5 Å². The normalized spacial score (nSPS) is 10.8. The Labute approximate surface area is 137 Å². The average Bonchev–Trinajstić information content (AvgIpc) is 2.45. The molecule has 0 aliphatic carbocycles. The van der Waals surface area contributed by atoms with E-state index in [1.807, 2.05) is 30.3 Å². The van der Waals surface area contributed by atoms with Gasteiger partial charge in [0.15, 0.2) is 0 Å². The smallest absolute Gasteiger partial charge is 0.224 e. The predicted molar refractivity (Wildman–Crippen MR) is 87.8 cm³/mol. The number of rotatable bonds is 3. The van der Waals surface area contributed by atoms with E-state index in [1.54, 1.807) is 18.2 Å². The van der Waals surface area contributed by atoms with Gasteiger partial charge in [-0.2, -0.15) is 0 Å². The molecule has 0 saturated carbocycles. The van der Waals surface area contributed by atoms with Crippen LogP contribution in [0.4, 0.5) is 0 Å². The summed E-state index contributed by atoms with van der Waals surface area (Å²) in [6, 6.07) is 14.8. The van der Waals surface area contributed by atoms with Crippen molar-refractivity contribution in [2.75, 3.05) is 0 Å². The van der Waals surface area contributed by atoms with E-state index < -0.39 is 0 Å². The highest BCUT2D eigenvalue weighted by Gasteiger charge is 2.09. The Hall–Kier alpha value is -1.48. The third-order valence-corrected chi connectivity index (χ3v) is 3.68. The number of aromatic nitrogens is 1. The topological polar surface area (TPSA) is 22.1 Å². The van der Waals surface area contributed by atoms with Crippen molar-refractivity contribution in [3.63, 3.8) is 0 Å². The highest BCUT2D eigenvalue weighted by molar-refractivity contribution is 6.34. The third-order valence-electron chi connectivity index (χ3n) is 2.96. The van der Waals surface area contributed by atoms with Gasteiger partial charge in [0, 0.05) is 21.0 Å². The molecular weight excluding hydrogens is 329 g/mol. The van der Waals surface area contributed by atoms with Gasteiger partial charge >= 0.3 is 0 Å². The molecule has 3 rings (SSSR count). The molecule has 0 unspecified atom stereocenters. The molecule has 106 valence electrons. The number of hydrogen-bond donors (Lipinski definition) is 0. The van der Waals surface area contributed by atoms with Crippen molar-refractivity contribution < 1.29 is 4.74 Å². The first kappa shape index (κ1) is 14.5. The molecule has 0 amide bonds. The van der Waals surface area contributed by atoms with Crippen molar-refractivity contribution >= 4 is 45.7 Å². The molecule has 5 heteroatoms. The molecule has 21 heavy (non-hydrogen) atoms. The predicted octanol–water partition coefficient (Wildman–Crippen LogP) is 6.07. The molecule has 0 atom stereocenters. The van der Waals surface area contributed by atoms with Crippen LogP contribution in [0.5, 0.6) is 11.6 Å². The van der Waals surface area contributed by atoms with Gasteiger partial charge in [0.05, 0.1) is 11.4 Å². The number of halogens is 3. The lowest BCUT2D eigenvalue weighted by Crippen LogP contribution is -1.94. The number of pyridine rings is 1. The first-order chi connectivity index (χ1) is 10.2. The van der Waals surface area contributed by atoms with E-state index in [2.05, 4.69) is 4.98 Å². The van der Waals surface area contributed by atoms with E-state index in [-0.39, 0.29) is 0 Å². The summed E-state index contributed by atoms with van der Waals surface area (Å²) in [7, 11) is 0. The lowest BCUT2D eigenvalue weighted by atomic mass is 10.2. The zero-order valence-corrected chi connectivity index (χ0v) is 13.1. The van der Waals surface area contributed by atoms with Crippen molar-refractivity contribution in [1.82, 2.24) is 4.98 Å². The van der Waals surface area contributed by atoms with E-state index >= 15 is 0 Å². The summed E-state index contributed by atoms with van der Waals surface area (Å²) >= 11 is 17.9. The van der Waals surface area contributed by atoms with Gasteiger partial charge in [-0.15, -0.1) is 11.6 Å². The summed E-state index contributed by atoms with van der Waals surface area (Å²) in [5.74, 6) is 1.30. The fourth-order valence-corrected chi connectivity index (χ4v) is 2.72. The molecule has 1 aromatic heterocycles. The van der Waals surface area contributed by atoms with Gasteiger partial charge < -0.3 is 4.74 Å². The number of hydrogen-bond acceptors (Lipinski definition) is 2. The molecule has 0 saturated heterocycles. The Morgan fingerprint density at radius 1 is 0.952 bits per heavy atom. The standard InChI is InChI=1S/C16H10Cl3NO/c17-9-11-5-10-3-1-2-4-15(10)20-16(11)21-14-7-12(18)6-13(19)8-14/h1-8H,9H2. The molecule has 2 nitrogen and oxygen atoms in total. The second-order valence-corrected chi connectivity index (χ2v) is 5.63. The van der Waals surface area contributed by atoms with E-state index in [1.165, 1.54) is 0 Å². The van der Waals surface area contributed by atoms with Gasteiger partial charge in [-0.25, -0.2) is 4.98 Å². The lowest BCUT2D eigenvalue weighted by molar-refractivity contribution is 0.460. The zero-order chi connectivity index (χ0) is 14.8. The summed E-state index contributed by atoms with van der Waals surface area (Å²) in [6.07, 6.45) is 0. The third kappa shape index (κ3) is 3.24. The van der Waals surface area contributed by atoms with Crippen LogP contribution in [-0.2, 0) is 5.88 Å². The van der Waals surface area contributed by atoms with Crippen LogP contribution >= 0.6 is 34.8 Å². The summed E-state index contributed by atoms with van der Waals surface area (Å²) in [5, 5.41) is 2.03. The van der Waals surface area contributed by atoms with Gasteiger partial charge in [0.25, 0.3) is 0 Å². The maximum Gasteiger partial charge on any atom is 0.224 e. The molecule has 0 aliphatic rings. The van der Waals surface area contributed by atoms with Gasteiger partial charge in [-0.05, 0) is 30.3 Å². The largest absolute Gasteiger partial charge is 0.439 e. The molecular formula is C16H10Cl3NO. The molecule has 3 aromatic rings. The summed E-state index contributed by atoms with van der Waals surface area (Å²) in [5.41, 5.74) is 1.65. The van der Waals surface area contributed by atoms with Gasteiger partial charge in [-0.1, -0.05) is 41.4 Å². The molecule has 0 aliphatic heterocycles. The van der Waals surface area contributed by atoms with Crippen molar-refractivity contribution in [2.24, 2.45) is 0 Å². The fourth-order valence-electron chi connectivity index (χ4n) is 2.03. The van der Waals surface area contributed by atoms with Crippen molar-refractivity contribution in [3.8, 4) is 11.6 Å². The first-order valence-electron chi connectivity index (χ1n) is 6.24. The number of alkyl halides is 1. The van der Waals surface area contributed by atoms with Gasteiger partial charge in [0.2, 0.25) is 5.88 Å². The molecule has 2 aromatic carbocycles. The highest BCUT2D eigenvalue weighted by atomic mass is 35.5. The van der Waals surface area contributed by atoms with E-state index in [0.29, 0.717) is 27.6 Å². The highest BCUT2D eigenvalue weighted by Crippen LogP contribution is 2.31. The van der Waals surface area contributed by atoms with E-state index in [9.17, 15) is 0 Å². The Morgan fingerprint density at radius 2 is 1.67 bits per heavy atom. The SMILES string of the molecule is ClCc1cc2ccccc2nc1Oc1cc(Cl)cc(Cl)c1. The van der Waals surface area contributed by atoms with Crippen LogP contribution in [0.2, 0.25) is 10.0 Å². The molecule has 0 fully saturated rings. The van der Waals surface area contributed by atoms with Crippen molar-refractivity contribution in [1.29, 1.82) is 0 Å². The average molecular weight is 339 g/mol. The second kappa shape index (κ2) is 6.10. The monoisotopic (exact) mass is 337 g/mol. The van der Waals surface area contributed by atoms with Crippen LogP contribution in [0.15, 0.2) is 48.5 Å². The quantitative estimate of drug-likeness (QED) is 0.540. The fraction of sp³-hybridized carbons (Fsp3) is 0.0625. The Balaban J connectivity index is 2.06. The van der Waals surface area contributed by atoms with Crippen LogP contribution in [0.3, 0.4) is 0 Å². The lowest BCUT2D eigenvalue weighted by Gasteiger charge is -2.10. The Kier molecular flexibility index (Phi) is 4.20. The minimum atomic E-state index is 0.307. The van der Waals surface area contributed by atoms with Crippen molar-refractivity contribution in [3.05, 3.63) is 64.1 Å². The Morgan fingerprint density at radius 3 is 2.38 bits per heavy atom. The maximum atomic E-state index is 5.99. The second-order valence-electron chi connectivity index (χ2n) is 4.49. The number of para-hydroxylation sites is 1. The number of ether oxygens (including phenoxy) is 1. The van der Waals surface area contributed by atoms with Crippen LogP contribution < -0.4 is 4.74 Å². The summed E-state index contributed by atoms with van der Waals surface area (Å²) in [6.45, 7) is 0. The molecule has 0 bridgehead atoms. The summed E-state index contributed by atoms with van der Waals surface area (Å²) in [4.78, 5) is 4.51. The first-order valence-corrected chi connectivity index (χ1v) is 7.53. The van der Waals surface area contributed by atoms with Crippen LogP contribution in [-0.4, -0.2) is 4.98 Å². The Bertz CT molecular complexity index is 784. The molecule has 0 radical (unpaired) electrons. The minimum Gasteiger partial charge on any atom is -0.439 e.